The minimum absolute atomic E-state index is 0.141. The standard InChI is InChI=1S/C21H18F3N5O5S/c1-32-6-7-35(30,31)29-19-20(28-16-5-3-2-4-15(16)27-19)34-18(21(22,23)24)14-8-13(9-25-10-14)17-11-26-12-33-17/h2-5,8-12,18H,6-7H2,1H3,(H,27,29). The summed E-state index contributed by atoms with van der Waals surface area (Å²) in [7, 11) is -2.72. The Balaban J connectivity index is 1.77. The molecular weight excluding hydrogens is 491 g/mol. The molecule has 0 bridgehead atoms. The van der Waals surface area contributed by atoms with Crippen LogP contribution in [0, 0.1) is 0 Å². The number of oxazole rings is 1. The number of nitrogens with zero attached hydrogens (tertiary/aromatic N) is 4. The van der Waals surface area contributed by atoms with Crippen LogP contribution in [0.2, 0.25) is 0 Å². The highest BCUT2D eigenvalue weighted by atomic mass is 32.2. The number of hydrogen-bond donors (Lipinski definition) is 1. The topological polar surface area (TPSA) is 129 Å². The maximum absolute atomic E-state index is 14.1. The zero-order valence-corrected chi connectivity index (χ0v) is 18.9. The molecule has 0 radical (unpaired) electrons. The van der Waals surface area contributed by atoms with E-state index < -0.39 is 39.8 Å². The number of methoxy groups -OCH3 is 1. The number of sulfonamides is 1. The van der Waals surface area contributed by atoms with E-state index in [9.17, 15) is 21.6 Å². The van der Waals surface area contributed by atoms with E-state index in [-0.39, 0.29) is 34.5 Å². The van der Waals surface area contributed by atoms with Crippen LogP contribution in [0.5, 0.6) is 5.88 Å². The molecule has 0 aliphatic heterocycles. The molecule has 0 saturated carbocycles. The zero-order valence-electron chi connectivity index (χ0n) is 18.1. The summed E-state index contributed by atoms with van der Waals surface area (Å²) in [6, 6.07) is 7.45. The average Bonchev–Trinajstić information content (AvgIpc) is 3.35. The fourth-order valence-electron chi connectivity index (χ4n) is 3.05. The number of aromatic nitrogens is 4. The second-order valence-electron chi connectivity index (χ2n) is 7.19. The molecule has 35 heavy (non-hydrogen) atoms. The van der Waals surface area contributed by atoms with E-state index in [0.717, 1.165) is 12.6 Å². The van der Waals surface area contributed by atoms with Crippen LogP contribution in [0.25, 0.3) is 22.4 Å². The quantitative estimate of drug-likeness (QED) is 0.359. The van der Waals surface area contributed by atoms with Crippen molar-refractivity contribution in [3.05, 3.63) is 60.9 Å². The smallest absolute Gasteiger partial charge is 0.429 e. The summed E-state index contributed by atoms with van der Waals surface area (Å²) in [5.41, 5.74) is 0.330. The SMILES string of the molecule is COCCS(=O)(=O)Nc1nc2ccccc2nc1OC(c1cncc(-c2cnco2)c1)C(F)(F)F. The summed E-state index contributed by atoms with van der Waals surface area (Å²) >= 11 is 0. The summed E-state index contributed by atoms with van der Waals surface area (Å²) in [4.78, 5) is 15.8. The maximum atomic E-state index is 14.1. The summed E-state index contributed by atoms with van der Waals surface area (Å²) < 4.78 is 84.5. The van der Waals surface area contributed by atoms with Crippen LogP contribution < -0.4 is 9.46 Å². The van der Waals surface area contributed by atoms with Gasteiger partial charge in [0.1, 0.15) is 0 Å². The van der Waals surface area contributed by atoms with Gasteiger partial charge < -0.3 is 13.9 Å². The monoisotopic (exact) mass is 509 g/mol. The van der Waals surface area contributed by atoms with Gasteiger partial charge in [0.15, 0.2) is 12.2 Å². The molecule has 14 heteroatoms. The first kappa shape index (κ1) is 24.3. The molecule has 184 valence electrons. The van der Waals surface area contributed by atoms with Crippen molar-refractivity contribution in [2.24, 2.45) is 0 Å². The molecule has 0 aliphatic rings. The van der Waals surface area contributed by atoms with Crippen molar-refractivity contribution in [1.29, 1.82) is 0 Å². The molecule has 0 fully saturated rings. The van der Waals surface area contributed by atoms with Crippen LogP contribution in [-0.2, 0) is 14.8 Å². The minimum Gasteiger partial charge on any atom is -0.457 e. The molecule has 1 aromatic carbocycles. The highest BCUT2D eigenvalue weighted by molar-refractivity contribution is 7.92. The van der Waals surface area contributed by atoms with Crippen molar-refractivity contribution in [2.45, 2.75) is 12.3 Å². The predicted octanol–water partition coefficient (Wildman–Crippen LogP) is 3.75. The molecule has 1 unspecified atom stereocenters. The van der Waals surface area contributed by atoms with Crippen LogP contribution in [0.3, 0.4) is 0 Å². The first-order valence-electron chi connectivity index (χ1n) is 9.99. The lowest BCUT2D eigenvalue weighted by atomic mass is 10.1. The Bertz CT molecular complexity index is 1410. The van der Waals surface area contributed by atoms with Crippen molar-refractivity contribution >= 4 is 26.9 Å². The fourth-order valence-corrected chi connectivity index (χ4v) is 3.97. The Morgan fingerprint density at radius 1 is 1.09 bits per heavy atom. The van der Waals surface area contributed by atoms with Gasteiger partial charge in [0.05, 0.1) is 29.6 Å². The Morgan fingerprint density at radius 3 is 2.49 bits per heavy atom. The molecule has 0 aliphatic carbocycles. The van der Waals surface area contributed by atoms with Gasteiger partial charge in [0, 0.05) is 30.6 Å². The van der Waals surface area contributed by atoms with E-state index in [1.807, 2.05) is 0 Å². The first-order chi connectivity index (χ1) is 16.7. The number of fused-ring (bicyclic) bond motifs is 1. The lowest BCUT2D eigenvalue weighted by molar-refractivity contribution is -0.198. The number of benzene rings is 1. The molecular formula is C21H18F3N5O5S. The van der Waals surface area contributed by atoms with E-state index in [4.69, 9.17) is 13.9 Å². The summed E-state index contributed by atoms with van der Waals surface area (Å²) in [6.07, 6.45) is -2.72. The van der Waals surface area contributed by atoms with Gasteiger partial charge in [-0.15, -0.1) is 0 Å². The number of halogens is 3. The normalized spacial score (nSPS) is 13.0. The van der Waals surface area contributed by atoms with Crippen molar-refractivity contribution in [3.8, 4) is 17.2 Å². The van der Waals surface area contributed by atoms with E-state index in [0.29, 0.717) is 0 Å². The molecule has 10 nitrogen and oxygen atoms in total. The fraction of sp³-hybridized carbons (Fsp3) is 0.238. The van der Waals surface area contributed by atoms with Gasteiger partial charge in [-0.25, -0.2) is 23.4 Å². The summed E-state index contributed by atoms with van der Waals surface area (Å²) in [5.74, 6) is -1.40. The third-order valence-corrected chi connectivity index (χ3v) is 5.86. The number of anilines is 1. The average molecular weight is 509 g/mol. The molecule has 0 spiro atoms. The zero-order chi connectivity index (χ0) is 25.1. The molecule has 3 heterocycles. The third-order valence-electron chi connectivity index (χ3n) is 4.65. The van der Waals surface area contributed by atoms with Crippen LogP contribution in [0.15, 0.2) is 59.7 Å². The molecule has 4 aromatic rings. The molecule has 1 atom stereocenters. The van der Waals surface area contributed by atoms with Gasteiger partial charge in [-0.2, -0.15) is 13.2 Å². The predicted molar refractivity (Wildman–Crippen MR) is 118 cm³/mol. The highest BCUT2D eigenvalue weighted by Crippen LogP contribution is 2.39. The highest BCUT2D eigenvalue weighted by Gasteiger charge is 2.44. The lowest BCUT2D eigenvalue weighted by Crippen LogP contribution is -2.28. The minimum atomic E-state index is -4.92. The number of nitrogens with one attached hydrogen (secondary N) is 1. The summed E-state index contributed by atoms with van der Waals surface area (Å²) in [5, 5.41) is 0. The van der Waals surface area contributed by atoms with Crippen LogP contribution in [-0.4, -0.2) is 54.0 Å². The number of ether oxygens (including phenoxy) is 2. The number of para-hydroxylation sites is 2. The van der Waals surface area contributed by atoms with Crippen LogP contribution in [0.1, 0.15) is 11.7 Å². The lowest BCUT2D eigenvalue weighted by Gasteiger charge is -2.23. The van der Waals surface area contributed by atoms with Gasteiger partial charge in [0.2, 0.25) is 21.9 Å². The Hall–Kier alpha value is -3.78. The number of rotatable bonds is 9. The molecule has 1 N–H and O–H groups in total. The Morgan fingerprint density at radius 2 is 1.83 bits per heavy atom. The van der Waals surface area contributed by atoms with Gasteiger partial charge >= 0.3 is 6.18 Å². The van der Waals surface area contributed by atoms with Gasteiger partial charge in [-0.3, -0.25) is 9.71 Å². The molecule has 0 saturated heterocycles. The largest absolute Gasteiger partial charge is 0.457 e. The number of hydrogen-bond acceptors (Lipinski definition) is 9. The van der Waals surface area contributed by atoms with Crippen molar-refractivity contribution < 1.29 is 35.5 Å². The first-order valence-corrected chi connectivity index (χ1v) is 11.6. The maximum Gasteiger partial charge on any atom is 0.429 e. The second-order valence-corrected chi connectivity index (χ2v) is 9.03. The van der Waals surface area contributed by atoms with Gasteiger partial charge in [0.25, 0.3) is 5.88 Å². The summed E-state index contributed by atoms with van der Waals surface area (Å²) in [6.45, 7) is -0.141. The van der Waals surface area contributed by atoms with Crippen LogP contribution >= 0.6 is 0 Å². The second kappa shape index (κ2) is 9.84. The van der Waals surface area contributed by atoms with E-state index in [2.05, 4.69) is 24.7 Å². The van der Waals surface area contributed by atoms with E-state index in [1.165, 1.54) is 37.7 Å². The number of pyridine rings is 1. The van der Waals surface area contributed by atoms with Gasteiger partial charge in [-0.05, 0) is 18.2 Å². The Labute approximate surface area is 197 Å². The van der Waals surface area contributed by atoms with Gasteiger partial charge in [-0.1, -0.05) is 12.1 Å². The van der Waals surface area contributed by atoms with Crippen molar-refractivity contribution in [2.75, 3.05) is 24.2 Å². The third kappa shape index (κ3) is 5.84. The van der Waals surface area contributed by atoms with E-state index >= 15 is 0 Å². The van der Waals surface area contributed by atoms with E-state index in [1.54, 1.807) is 12.1 Å². The van der Waals surface area contributed by atoms with Crippen molar-refractivity contribution in [3.63, 3.8) is 0 Å². The van der Waals surface area contributed by atoms with Crippen molar-refractivity contribution in [1.82, 2.24) is 19.9 Å². The Kier molecular flexibility index (Phi) is 6.84. The van der Waals surface area contributed by atoms with Crippen LogP contribution in [0.4, 0.5) is 19.0 Å². The molecule has 0 amide bonds. The number of alkyl halides is 3. The molecule has 4 rings (SSSR count). The molecule has 3 aromatic heterocycles.